The molecule has 0 saturated heterocycles. The van der Waals surface area contributed by atoms with Crippen LogP contribution in [0.3, 0.4) is 0 Å². The molecule has 1 fully saturated rings. The Morgan fingerprint density at radius 1 is 1.15 bits per heavy atom. The number of benzene rings is 1. The molecular formula is C19H23N5O3. The van der Waals surface area contributed by atoms with Crippen LogP contribution >= 0.6 is 0 Å². The second kappa shape index (κ2) is 7.48. The van der Waals surface area contributed by atoms with E-state index >= 15 is 0 Å². The third kappa shape index (κ3) is 3.85. The predicted octanol–water partition coefficient (Wildman–Crippen LogP) is 0.324. The molecule has 27 heavy (non-hydrogen) atoms. The van der Waals surface area contributed by atoms with E-state index in [4.69, 9.17) is 0 Å². The molecule has 2 aliphatic rings. The number of aliphatic hydroxyl groups is 1. The largest absolute Gasteiger partial charge is 0.393 e. The lowest BCUT2D eigenvalue weighted by Gasteiger charge is -2.35. The van der Waals surface area contributed by atoms with Crippen LogP contribution in [0.4, 0.5) is 0 Å². The lowest BCUT2D eigenvalue weighted by molar-refractivity contribution is -0.144. The van der Waals surface area contributed by atoms with Crippen molar-refractivity contribution in [2.75, 3.05) is 6.54 Å². The maximum absolute atomic E-state index is 12.8. The zero-order valence-electron chi connectivity index (χ0n) is 15.0. The van der Waals surface area contributed by atoms with Crippen molar-refractivity contribution in [3.05, 3.63) is 48.0 Å². The number of nitrogens with zero attached hydrogens (tertiary/aromatic N) is 4. The molecule has 1 aliphatic carbocycles. The van der Waals surface area contributed by atoms with Gasteiger partial charge in [-0.3, -0.25) is 9.59 Å². The number of nitrogens with one attached hydrogen (secondary N) is 1. The summed E-state index contributed by atoms with van der Waals surface area (Å²) in [7, 11) is 0. The fraction of sp³-hybridized carbons (Fsp3) is 0.474. The van der Waals surface area contributed by atoms with Gasteiger partial charge >= 0.3 is 0 Å². The highest BCUT2D eigenvalue weighted by molar-refractivity contribution is 5.82. The fourth-order valence-corrected chi connectivity index (χ4v) is 3.64. The molecule has 1 aromatic carbocycles. The van der Waals surface area contributed by atoms with Gasteiger partial charge in [0.05, 0.1) is 25.1 Å². The Balaban J connectivity index is 1.46. The van der Waals surface area contributed by atoms with E-state index in [0.717, 1.165) is 5.56 Å². The Labute approximate surface area is 157 Å². The van der Waals surface area contributed by atoms with Crippen molar-refractivity contribution >= 4 is 11.8 Å². The summed E-state index contributed by atoms with van der Waals surface area (Å²) in [6.07, 6.45) is 2.05. The van der Waals surface area contributed by atoms with Gasteiger partial charge < -0.3 is 15.3 Å². The van der Waals surface area contributed by atoms with E-state index in [0.29, 0.717) is 44.8 Å². The summed E-state index contributed by atoms with van der Waals surface area (Å²) in [5.41, 5.74) is 1.03. The molecule has 1 saturated carbocycles. The van der Waals surface area contributed by atoms with Gasteiger partial charge in [0.25, 0.3) is 0 Å². The van der Waals surface area contributed by atoms with Gasteiger partial charge in [-0.25, -0.2) is 9.67 Å². The number of hydrogen-bond acceptors (Lipinski definition) is 5. The van der Waals surface area contributed by atoms with Crippen molar-refractivity contribution in [1.29, 1.82) is 0 Å². The van der Waals surface area contributed by atoms with Crippen LogP contribution in [0.15, 0.2) is 36.7 Å². The molecule has 1 unspecified atom stereocenters. The lowest BCUT2D eigenvalue weighted by Crippen LogP contribution is -2.46. The summed E-state index contributed by atoms with van der Waals surface area (Å²) in [6, 6.07) is 9.72. The molecule has 0 bridgehead atoms. The maximum Gasteiger partial charge on any atom is 0.227 e. The summed E-state index contributed by atoms with van der Waals surface area (Å²) >= 11 is 0. The monoisotopic (exact) mass is 369 g/mol. The standard InChI is InChI=1S/C19H23N5O3/c25-16-6-14(7-16)19(27)23-9-15(10-24-17(11-23)21-12-22-24)18(26)20-8-13-4-2-1-3-5-13/h1-5,12,14-16,25H,6-11H2,(H,20,26). The van der Waals surface area contributed by atoms with Crippen LogP contribution in [-0.4, -0.2) is 49.2 Å². The minimum atomic E-state index is -0.398. The number of aliphatic hydroxyl groups excluding tert-OH is 1. The highest BCUT2D eigenvalue weighted by Crippen LogP contribution is 2.30. The van der Waals surface area contributed by atoms with Gasteiger partial charge in [-0.1, -0.05) is 30.3 Å². The van der Waals surface area contributed by atoms with Crippen molar-refractivity contribution in [2.24, 2.45) is 11.8 Å². The van der Waals surface area contributed by atoms with Crippen LogP contribution in [0.1, 0.15) is 24.2 Å². The Hall–Kier alpha value is -2.74. The van der Waals surface area contributed by atoms with Crippen LogP contribution < -0.4 is 5.32 Å². The normalized spacial score (nSPS) is 24.5. The van der Waals surface area contributed by atoms with Gasteiger partial charge in [0.15, 0.2) is 0 Å². The van der Waals surface area contributed by atoms with Crippen LogP contribution in [0, 0.1) is 11.8 Å². The van der Waals surface area contributed by atoms with Crippen molar-refractivity contribution in [2.45, 2.75) is 38.6 Å². The zero-order chi connectivity index (χ0) is 18.8. The van der Waals surface area contributed by atoms with Crippen molar-refractivity contribution in [1.82, 2.24) is 25.0 Å². The van der Waals surface area contributed by atoms with E-state index < -0.39 is 5.92 Å². The minimum absolute atomic E-state index is 0.0161. The number of hydrogen-bond donors (Lipinski definition) is 2. The predicted molar refractivity (Wildman–Crippen MR) is 95.9 cm³/mol. The number of rotatable bonds is 4. The summed E-state index contributed by atoms with van der Waals surface area (Å²) in [6.45, 7) is 1.52. The van der Waals surface area contributed by atoms with E-state index in [1.165, 1.54) is 6.33 Å². The average Bonchev–Trinajstić information content (AvgIpc) is 3.01. The molecule has 1 aliphatic heterocycles. The van der Waals surface area contributed by atoms with E-state index in [9.17, 15) is 14.7 Å². The molecule has 1 aromatic heterocycles. The average molecular weight is 369 g/mol. The molecule has 0 spiro atoms. The quantitative estimate of drug-likeness (QED) is 0.809. The fourth-order valence-electron chi connectivity index (χ4n) is 3.64. The second-order valence-electron chi connectivity index (χ2n) is 7.30. The molecule has 2 amide bonds. The number of carbonyl (C=O) groups is 2. The molecule has 0 radical (unpaired) electrons. The SMILES string of the molecule is O=C(NCc1ccccc1)C1CN(C(=O)C2CC(O)C2)Cc2ncnn2C1. The third-order valence-corrected chi connectivity index (χ3v) is 5.32. The first-order valence-electron chi connectivity index (χ1n) is 9.25. The summed E-state index contributed by atoms with van der Waals surface area (Å²) < 4.78 is 1.70. The lowest BCUT2D eigenvalue weighted by atomic mass is 9.81. The first-order valence-corrected chi connectivity index (χ1v) is 9.25. The van der Waals surface area contributed by atoms with Crippen LogP contribution in [0.5, 0.6) is 0 Å². The van der Waals surface area contributed by atoms with E-state index in [-0.39, 0.29) is 23.8 Å². The number of amides is 2. The molecule has 142 valence electrons. The number of aromatic nitrogens is 3. The molecule has 2 aromatic rings. The molecule has 4 rings (SSSR count). The third-order valence-electron chi connectivity index (χ3n) is 5.32. The topological polar surface area (TPSA) is 100 Å². The Kier molecular flexibility index (Phi) is 4.89. The molecule has 8 nitrogen and oxygen atoms in total. The van der Waals surface area contributed by atoms with Crippen molar-refractivity contribution in [3.8, 4) is 0 Å². The molecule has 1 atom stereocenters. The first kappa shape index (κ1) is 17.7. The van der Waals surface area contributed by atoms with Gasteiger partial charge in [0.2, 0.25) is 11.8 Å². The summed E-state index contributed by atoms with van der Waals surface area (Å²) in [5, 5.41) is 16.7. The zero-order valence-corrected chi connectivity index (χ0v) is 15.0. The van der Waals surface area contributed by atoms with Gasteiger partial charge in [0, 0.05) is 19.0 Å². The maximum atomic E-state index is 12.8. The van der Waals surface area contributed by atoms with Crippen LogP contribution in [-0.2, 0) is 29.2 Å². The first-order chi connectivity index (χ1) is 13.1. The highest BCUT2D eigenvalue weighted by Gasteiger charge is 2.38. The van der Waals surface area contributed by atoms with E-state index in [1.807, 2.05) is 30.3 Å². The number of carbonyl (C=O) groups excluding carboxylic acids is 2. The smallest absolute Gasteiger partial charge is 0.227 e. The van der Waals surface area contributed by atoms with Crippen LogP contribution in [0.2, 0.25) is 0 Å². The Morgan fingerprint density at radius 3 is 2.67 bits per heavy atom. The summed E-state index contributed by atoms with van der Waals surface area (Å²) in [4.78, 5) is 31.5. The van der Waals surface area contributed by atoms with Gasteiger partial charge in [-0.2, -0.15) is 5.10 Å². The summed E-state index contributed by atoms with van der Waals surface area (Å²) in [5.74, 6) is 0.000881. The molecular weight excluding hydrogens is 346 g/mol. The van der Waals surface area contributed by atoms with Crippen molar-refractivity contribution < 1.29 is 14.7 Å². The second-order valence-corrected chi connectivity index (χ2v) is 7.30. The van der Waals surface area contributed by atoms with E-state index in [2.05, 4.69) is 15.4 Å². The van der Waals surface area contributed by atoms with Gasteiger partial charge in [0.1, 0.15) is 12.2 Å². The Morgan fingerprint density at radius 2 is 1.93 bits per heavy atom. The van der Waals surface area contributed by atoms with E-state index in [1.54, 1.807) is 9.58 Å². The minimum Gasteiger partial charge on any atom is -0.393 e. The highest BCUT2D eigenvalue weighted by atomic mass is 16.3. The Bertz CT molecular complexity index is 816. The molecule has 2 heterocycles. The van der Waals surface area contributed by atoms with Crippen molar-refractivity contribution in [3.63, 3.8) is 0 Å². The molecule has 8 heteroatoms. The number of fused-ring (bicyclic) bond motifs is 1. The van der Waals surface area contributed by atoms with Gasteiger partial charge in [-0.05, 0) is 18.4 Å². The van der Waals surface area contributed by atoms with Crippen LogP contribution in [0.25, 0.3) is 0 Å². The van der Waals surface area contributed by atoms with Gasteiger partial charge in [-0.15, -0.1) is 0 Å². The molecule has 2 N–H and O–H groups in total.